The van der Waals surface area contributed by atoms with Crippen molar-refractivity contribution >= 4 is 22.8 Å². The average molecular weight is 373 g/mol. The topological polar surface area (TPSA) is 102 Å². The van der Waals surface area contributed by atoms with E-state index in [1.165, 1.54) is 0 Å². The van der Waals surface area contributed by atoms with E-state index in [1.54, 1.807) is 24.7 Å². The number of H-pyrrole nitrogens is 1. The molecule has 8 heteroatoms. The van der Waals surface area contributed by atoms with Crippen molar-refractivity contribution in [3.63, 3.8) is 0 Å². The molecule has 2 N–H and O–H groups in total. The van der Waals surface area contributed by atoms with Gasteiger partial charge in [0.1, 0.15) is 5.82 Å². The molecule has 138 valence electrons. The predicted molar refractivity (Wildman–Crippen MR) is 102 cm³/mol. The molecular weight excluding hydrogens is 358 g/mol. The van der Waals surface area contributed by atoms with Crippen LogP contribution in [0.4, 0.5) is 5.82 Å². The van der Waals surface area contributed by atoms with E-state index in [9.17, 15) is 4.79 Å². The molecule has 0 spiro atoms. The van der Waals surface area contributed by atoms with E-state index in [0.717, 1.165) is 22.1 Å². The summed E-state index contributed by atoms with van der Waals surface area (Å²) in [5.41, 5.74) is 3.20. The molecule has 8 nitrogen and oxygen atoms in total. The van der Waals surface area contributed by atoms with Gasteiger partial charge < -0.3 is 14.8 Å². The third-order valence-corrected chi connectivity index (χ3v) is 4.47. The van der Waals surface area contributed by atoms with Crippen molar-refractivity contribution in [3.8, 4) is 22.6 Å². The molecule has 1 aliphatic heterocycles. The van der Waals surface area contributed by atoms with E-state index in [2.05, 4.69) is 25.5 Å². The van der Waals surface area contributed by atoms with Crippen LogP contribution in [0.3, 0.4) is 0 Å². The van der Waals surface area contributed by atoms with E-state index in [4.69, 9.17) is 9.47 Å². The first-order chi connectivity index (χ1) is 13.8. The second-order valence-corrected chi connectivity index (χ2v) is 6.35. The van der Waals surface area contributed by atoms with Crippen molar-refractivity contribution in [2.45, 2.75) is 6.42 Å². The zero-order valence-electron chi connectivity index (χ0n) is 14.7. The van der Waals surface area contributed by atoms with Crippen molar-refractivity contribution in [2.24, 2.45) is 0 Å². The Labute approximate surface area is 159 Å². The summed E-state index contributed by atoms with van der Waals surface area (Å²) in [5, 5.41) is 10.6. The van der Waals surface area contributed by atoms with Gasteiger partial charge in [0.15, 0.2) is 17.1 Å². The van der Waals surface area contributed by atoms with Gasteiger partial charge in [-0.25, -0.2) is 4.98 Å². The maximum atomic E-state index is 12.5. The molecule has 5 rings (SSSR count). The van der Waals surface area contributed by atoms with Crippen LogP contribution in [0.25, 0.3) is 22.2 Å². The number of carbonyl (C=O) groups excluding carboxylic acids is 1. The number of hydrogen-bond donors (Lipinski definition) is 2. The van der Waals surface area contributed by atoms with Crippen LogP contribution in [0.2, 0.25) is 0 Å². The third-order valence-electron chi connectivity index (χ3n) is 4.47. The van der Waals surface area contributed by atoms with Gasteiger partial charge >= 0.3 is 0 Å². The van der Waals surface area contributed by atoms with E-state index in [1.807, 2.05) is 30.3 Å². The monoisotopic (exact) mass is 373 g/mol. The van der Waals surface area contributed by atoms with Gasteiger partial charge in [-0.1, -0.05) is 12.1 Å². The Morgan fingerprint density at radius 2 is 2.04 bits per heavy atom. The highest BCUT2D eigenvalue weighted by molar-refractivity contribution is 6.00. The Bertz CT molecular complexity index is 1170. The highest BCUT2D eigenvalue weighted by Crippen LogP contribution is 2.32. The molecule has 0 saturated carbocycles. The first-order valence-corrected chi connectivity index (χ1v) is 8.69. The summed E-state index contributed by atoms with van der Waals surface area (Å²) in [4.78, 5) is 21.0. The lowest BCUT2D eigenvalue weighted by molar-refractivity contribution is -0.115. The normalized spacial score (nSPS) is 12.3. The van der Waals surface area contributed by atoms with Gasteiger partial charge in [0.2, 0.25) is 12.7 Å². The zero-order valence-corrected chi connectivity index (χ0v) is 14.7. The molecule has 0 atom stereocenters. The van der Waals surface area contributed by atoms with Gasteiger partial charge in [-0.2, -0.15) is 5.10 Å². The highest BCUT2D eigenvalue weighted by atomic mass is 16.7. The van der Waals surface area contributed by atoms with Crippen molar-refractivity contribution in [3.05, 3.63) is 60.6 Å². The lowest BCUT2D eigenvalue weighted by Gasteiger charge is -2.05. The maximum Gasteiger partial charge on any atom is 0.231 e. The number of hydrogen-bond acceptors (Lipinski definition) is 6. The van der Waals surface area contributed by atoms with Gasteiger partial charge in [0.05, 0.1) is 11.8 Å². The Kier molecular flexibility index (Phi) is 3.86. The Morgan fingerprint density at radius 1 is 1.11 bits per heavy atom. The van der Waals surface area contributed by atoms with Gasteiger partial charge in [-0.3, -0.25) is 14.9 Å². The Hall–Kier alpha value is -3.94. The second kappa shape index (κ2) is 6.66. The van der Waals surface area contributed by atoms with E-state index in [-0.39, 0.29) is 19.1 Å². The number of aromatic nitrogens is 4. The van der Waals surface area contributed by atoms with Crippen LogP contribution in [-0.2, 0) is 11.2 Å². The fourth-order valence-electron chi connectivity index (χ4n) is 3.11. The van der Waals surface area contributed by atoms with Gasteiger partial charge in [0, 0.05) is 29.7 Å². The highest BCUT2D eigenvalue weighted by Gasteiger charge is 2.16. The van der Waals surface area contributed by atoms with Gasteiger partial charge in [-0.15, -0.1) is 0 Å². The van der Waals surface area contributed by atoms with E-state index >= 15 is 0 Å². The van der Waals surface area contributed by atoms with Crippen LogP contribution < -0.4 is 14.8 Å². The second-order valence-electron chi connectivity index (χ2n) is 6.35. The van der Waals surface area contributed by atoms with Crippen LogP contribution >= 0.6 is 0 Å². The molecule has 0 aliphatic carbocycles. The van der Waals surface area contributed by atoms with Crippen molar-refractivity contribution in [2.75, 3.05) is 12.1 Å². The first kappa shape index (κ1) is 16.2. The third kappa shape index (κ3) is 3.01. The molecule has 4 aromatic rings. The van der Waals surface area contributed by atoms with Crippen LogP contribution in [0.5, 0.6) is 11.5 Å². The van der Waals surface area contributed by atoms with Crippen LogP contribution in [0, 0.1) is 0 Å². The fourth-order valence-corrected chi connectivity index (χ4v) is 3.11. The molecule has 0 unspecified atom stereocenters. The minimum absolute atomic E-state index is 0.170. The number of pyridine rings is 2. The fraction of sp³-hybridized carbons (Fsp3) is 0.100. The summed E-state index contributed by atoms with van der Waals surface area (Å²) < 4.78 is 10.6. The molecule has 0 fully saturated rings. The maximum absolute atomic E-state index is 12.5. The van der Waals surface area contributed by atoms with E-state index < -0.39 is 0 Å². The zero-order chi connectivity index (χ0) is 18.9. The van der Waals surface area contributed by atoms with Crippen molar-refractivity contribution in [1.82, 2.24) is 20.2 Å². The number of aromatic amines is 1. The van der Waals surface area contributed by atoms with Crippen LogP contribution in [-0.4, -0.2) is 32.9 Å². The number of carbonyl (C=O) groups is 1. The largest absolute Gasteiger partial charge is 0.454 e. The van der Waals surface area contributed by atoms with Gasteiger partial charge in [0.25, 0.3) is 0 Å². The predicted octanol–water partition coefficient (Wildman–Crippen LogP) is 2.93. The lowest BCUT2D eigenvalue weighted by atomic mass is 10.1. The number of ether oxygens (including phenoxy) is 2. The number of fused-ring (bicyclic) bond motifs is 2. The molecule has 0 bridgehead atoms. The van der Waals surface area contributed by atoms with Crippen LogP contribution in [0.15, 0.2) is 55.0 Å². The van der Waals surface area contributed by atoms with Crippen molar-refractivity contribution < 1.29 is 14.3 Å². The number of nitrogens with zero attached hydrogens (tertiary/aromatic N) is 3. The average Bonchev–Trinajstić information content (AvgIpc) is 3.35. The Balaban J connectivity index is 1.38. The minimum atomic E-state index is -0.170. The lowest BCUT2D eigenvalue weighted by Crippen LogP contribution is -2.14. The number of benzene rings is 1. The smallest absolute Gasteiger partial charge is 0.231 e. The summed E-state index contributed by atoms with van der Waals surface area (Å²) in [6.45, 7) is 0.206. The van der Waals surface area contributed by atoms with E-state index in [0.29, 0.717) is 23.0 Å². The molecule has 1 aromatic carbocycles. The van der Waals surface area contributed by atoms with Gasteiger partial charge in [-0.05, 0) is 29.8 Å². The summed E-state index contributed by atoms with van der Waals surface area (Å²) in [5.74, 6) is 1.69. The molecule has 3 aromatic heterocycles. The number of rotatable bonds is 4. The summed E-state index contributed by atoms with van der Waals surface area (Å²) >= 11 is 0. The number of anilines is 1. The summed E-state index contributed by atoms with van der Waals surface area (Å²) in [7, 11) is 0. The molecule has 0 saturated heterocycles. The quantitative estimate of drug-likeness (QED) is 0.570. The molecule has 1 aliphatic rings. The molecule has 28 heavy (non-hydrogen) atoms. The molecule has 4 heterocycles. The van der Waals surface area contributed by atoms with Crippen LogP contribution in [0.1, 0.15) is 5.56 Å². The molecular formula is C20H15N5O3. The first-order valence-electron chi connectivity index (χ1n) is 8.69. The number of nitrogens with one attached hydrogen (secondary N) is 2. The SMILES string of the molecule is O=C(Cc1ccc2c(c1)OCO2)Nc1[nH]nc2ncc(-c3cccnc3)cc12. The molecule has 0 radical (unpaired) electrons. The summed E-state index contributed by atoms with van der Waals surface area (Å²) in [6.07, 6.45) is 5.42. The number of amides is 1. The Morgan fingerprint density at radius 3 is 2.93 bits per heavy atom. The van der Waals surface area contributed by atoms with Crippen molar-refractivity contribution in [1.29, 1.82) is 0 Å². The molecule has 1 amide bonds. The minimum Gasteiger partial charge on any atom is -0.454 e. The summed E-state index contributed by atoms with van der Waals surface area (Å²) in [6, 6.07) is 11.2. The standard InChI is InChI=1S/C20H15N5O3/c26-18(7-12-3-4-16-17(6-12)28-11-27-16)23-20-15-8-14(10-22-19(15)24-25-20)13-2-1-5-21-9-13/h1-6,8-10H,7,11H2,(H2,22,23,24,25,26).